The summed E-state index contributed by atoms with van der Waals surface area (Å²) < 4.78 is 36.9. The summed E-state index contributed by atoms with van der Waals surface area (Å²) in [6, 6.07) is 0. The highest BCUT2D eigenvalue weighted by molar-refractivity contribution is 6.61. The lowest BCUT2D eigenvalue weighted by molar-refractivity contribution is -0.0440. The van der Waals surface area contributed by atoms with Crippen molar-refractivity contribution in [3.05, 3.63) is 23.8 Å². The van der Waals surface area contributed by atoms with E-state index in [-0.39, 0.29) is 10.7 Å². The van der Waals surface area contributed by atoms with Crippen LogP contribution in [0.15, 0.2) is 23.8 Å². The van der Waals surface area contributed by atoms with E-state index in [1.165, 1.54) is 6.08 Å². The molecule has 1 unspecified atom stereocenters. The second-order valence-corrected chi connectivity index (χ2v) is 4.46. The van der Waals surface area contributed by atoms with Crippen LogP contribution in [0.2, 0.25) is 0 Å². The molecule has 15 heavy (non-hydrogen) atoms. The summed E-state index contributed by atoms with van der Waals surface area (Å²) in [6.45, 7) is 0. The molecule has 0 aromatic rings. The van der Waals surface area contributed by atoms with Gasteiger partial charge in [-0.2, -0.15) is 13.2 Å². The molecule has 0 spiro atoms. The van der Waals surface area contributed by atoms with Gasteiger partial charge in [0, 0.05) is 5.57 Å². The van der Waals surface area contributed by atoms with Gasteiger partial charge in [-0.3, -0.25) is 0 Å². The van der Waals surface area contributed by atoms with Crippen molar-refractivity contribution in [2.45, 2.75) is 5.80 Å². The van der Waals surface area contributed by atoms with E-state index in [4.69, 9.17) is 12.8 Å². The first-order valence-corrected chi connectivity index (χ1v) is 5.24. The second-order valence-electron chi connectivity index (χ2n) is 2.90. The van der Waals surface area contributed by atoms with Crippen molar-refractivity contribution in [1.82, 2.24) is 0 Å². The number of hydrogen-bond acceptors (Lipinski definition) is 0. The van der Waals surface area contributed by atoms with Crippen molar-refractivity contribution in [3.63, 3.8) is 0 Å². The van der Waals surface area contributed by atoms with Gasteiger partial charge in [0.05, 0.1) is 5.92 Å². The van der Waals surface area contributed by atoms with Gasteiger partial charge < -0.3 is 0 Å². The van der Waals surface area contributed by atoms with Crippen molar-refractivity contribution < 1.29 is 13.2 Å². The number of terminal acetylenes is 2. The normalized spacial score (nSPS) is 23.1. The molecule has 0 amide bonds. The summed E-state index contributed by atoms with van der Waals surface area (Å²) in [7, 11) is -1.86. The van der Waals surface area contributed by atoms with Crippen LogP contribution < -0.4 is 0 Å². The molecule has 1 aliphatic rings. The zero-order valence-electron chi connectivity index (χ0n) is 7.68. The van der Waals surface area contributed by atoms with Crippen LogP contribution in [0, 0.1) is 30.6 Å². The molecule has 1 atom stereocenters. The Morgan fingerprint density at radius 1 is 1.33 bits per heavy atom. The van der Waals surface area contributed by atoms with Gasteiger partial charge in [0.1, 0.15) is 9.13 Å². The molecular weight excluding hydrogens is 217 g/mol. The largest absolute Gasteiger partial charge is 0.375 e. The van der Waals surface area contributed by atoms with Crippen molar-refractivity contribution in [2.75, 3.05) is 0 Å². The van der Waals surface area contributed by atoms with E-state index < -0.39 is 20.8 Å². The van der Waals surface area contributed by atoms with E-state index in [2.05, 4.69) is 11.8 Å². The summed E-state index contributed by atoms with van der Waals surface area (Å²) in [5.74, 6) is -0.276. The first-order valence-electron chi connectivity index (χ1n) is 4.09. The Hall–Kier alpha value is -1.52. The number of halogens is 3. The third-order valence-electron chi connectivity index (χ3n) is 1.87. The fourth-order valence-corrected chi connectivity index (χ4v) is 2.33. The summed E-state index contributed by atoms with van der Waals surface area (Å²) in [5, 5.41) is 0.162. The molecule has 76 valence electrons. The van der Waals surface area contributed by atoms with Crippen LogP contribution in [0.5, 0.6) is 0 Å². The molecule has 0 nitrogen and oxygen atoms in total. The Kier molecular flexibility index (Phi) is 3.34. The maximum Gasteiger partial charge on any atom is 0.375 e. The van der Waals surface area contributed by atoms with Crippen molar-refractivity contribution in [2.24, 2.45) is 5.92 Å². The van der Waals surface area contributed by atoms with E-state index in [0.29, 0.717) is 0 Å². The molecule has 0 aromatic carbocycles. The SMILES string of the molecule is C#CC1=CC=CC(C#C)C1=[SiH]C(F)(F)F. The third-order valence-corrected chi connectivity index (χ3v) is 3.18. The summed E-state index contributed by atoms with van der Waals surface area (Å²) in [4.78, 5) is 0. The first-order chi connectivity index (χ1) is 6.98. The minimum Gasteiger partial charge on any atom is -0.173 e. The van der Waals surface area contributed by atoms with Gasteiger partial charge in [-0.1, -0.05) is 24.0 Å². The number of alkyl halides is 3. The topological polar surface area (TPSA) is 0 Å². The van der Waals surface area contributed by atoms with Crippen molar-refractivity contribution >= 4 is 14.3 Å². The summed E-state index contributed by atoms with van der Waals surface area (Å²) in [6.07, 6.45) is 14.9. The van der Waals surface area contributed by atoms with Gasteiger partial charge in [-0.05, 0) is 11.2 Å². The molecule has 0 saturated heterocycles. The average Bonchev–Trinajstić information content (AvgIpc) is 2.16. The summed E-state index contributed by atoms with van der Waals surface area (Å²) in [5.41, 5.74) is 0.271. The molecule has 1 aliphatic carbocycles. The molecule has 0 aliphatic heterocycles. The smallest absolute Gasteiger partial charge is 0.173 e. The van der Waals surface area contributed by atoms with Gasteiger partial charge in [0.2, 0.25) is 0 Å². The van der Waals surface area contributed by atoms with Crippen LogP contribution >= 0.6 is 0 Å². The van der Waals surface area contributed by atoms with Gasteiger partial charge in [0.15, 0.2) is 0 Å². The predicted molar refractivity (Wildman–Crippen MR) is 56.6 cm³/mol. The minimum atomic E-state index is -4.20. The second kappa shape index (κ2) is 4.33. The quantitative estimate of drug-likeness (QED) is 0.432. The number of hydrogen-bond donors (Lipinski definition) is 0. The van der Waals surface area contributed by atoms with Crippen molar-refractivity contribution in [1.29, 1.82) is 0 Å². The Balaban J connectivity index is 3.19. The lowest BCUT2D eigenvalue weighted by Gasteiger charge is -2.16. The van der Waals surface area contributed by atoms with Crippen LogP contribution in [-0.2, 0) is 0 Å². The van der Waals surface area contributed by atoms with Crippen LogP contribution in [-0.4, -0.2) is 20.1 Å². The number of allylic oxidation sites excluding steroid dienone is 4. The molecule has 4 heteroatoms. The Morgan fingerprint density at radius 3 is 2.47 bits per heavy atom. The maximum absolute atomic E-state index is 12.3. The molecule has 0 N–H and O–H groups in total. The fourth-order valence-electron chi connectivity index (χ4n) is 1.25. The van der Waals surface area contributed by atoms with Gasteiger partial charge in [-0.15, -0.1) is 12.8 Å². The van der Waals surface area contributed by atoms with Gasteiger partial charge in [-0.25, -0.2) is 0 Å². The molecule has 0 heterocycles. The fraction of sp³-hybridized carbons (Fsp3) is 0.182. The van der Waals surface area contributed by atoms with E-state index in [1.54, 1.807) is 12.2 Å². The minimum absolute atomic E-state index is 0.162. The lowest BCUT2D eigenvalue weighted by Crippen LogP contribution is -2.26. The third kappa shape index (κ3) is 2.97. The van der Waals surface area contributed by atoms with Crippen molar-refractivity contribution in [3.8, 4) is 24.7 Å². The van der Waals surface area contributed by atoms with E-state index in [9.17, 15) is 13.2 Å². The monoisotopic (exact) mass is 224 g/mol. The van der Waals surface area contributed by atoms with Gasteiger partial charge >= 0.3 is 5.80 Å². The number of rotatable bonds is 0. The van der Waals surface area contributed by atoms with Crippen LogP contribution in [0.25, 0.3) is 0 Å². The highest BCUT2D eigenvalue weighted by atomic mass is 28.2. The zero-order valence-corrected chi connectivity index (χ0v) is 8.83. The van der Waals surface area contributed by atoms with Crippen LogP contribution in [0.3, 0.4) is 0 Å². The molecule has 0 saturated carbocycles. The molecule has 1 rings (SSSR count). The highest BCUT2D eigenvalue weighted by Gasteiger charge is 2.28. The molecule has 0 fully saturated rings. The zero-order chi connectivity index (χ0) is 11.5. The molecule has 0 bridgehead atoms. The first kappa shape index (κ1) is 11.6. The Bertz CT molecular complexity index is 424. The summed E-state index contributed by atoms with van der Waals surface area (Å²) >= 11 is 0. The highest BCUT2D eigenvalue weighted by Crippen LogP contribution is 2.18. The molecule has 0 aromatic heterocycles. The Morgan fingerprint density at radius 2 is 2.00 bits per heavy atom. The molecular formula is C11H7F3Si. The van der Waals surface area contributed by atoms with Crippen LogP contribution in [0.4, 0.5) is 13.2 Å². The average molecular weight is 224 g/mol. The van der Waals surface area contributed by atoms with E-state index in [0.717, 1.165) is 0 Å². The predicted octanol–water partition coefficient (Wildman–Crippen LogP) is 1.49. The maximum atomic E-state index is 12.3. The molecule has 0 radical (unpaired) electrons. The standard InChI is InChI=1S/C11H7F3Si/c1-3-8-6-5-7-9(4-2)10(8)15-11(12,13)14/h1-2,5-8,15H. The lowest BCUT2D eigenvalue weighted by atomic mass is 9.95. The Labute approximate surface area is 88.3 Å². The van der Waals surface area contributed by atoms with E-state index in [1.807, 2.05) is 0 Å². The van der Waals surface area contributed by atoms with Gasteiger partial charge in [0.25, 0.3) is 0 Å². The van der Waals surface area contributed by atoms with Crippen LogP contribution in [0.1, 0.15) is 0 Å². The van der Waals surface area contributed by atoms with E-state index >= 15 is 0 Å².